The van der Waals surface area contributed by atoms with Gasteiger partial charge in [-0.05, 0) is 100 Å². The van der Waals surface area contributed by atoms with E-state index < -0.39 is 23.4 Å². The molecule has 230 valence electrons. The summed E-state index contributed by atoms with van der Waals surface area (Å²) in [5.41, 5.74) is 1.02. The first kappa shape index (κ1) is 29.7. The fourth-order valence-corrected chi connectivity index (χ4v) is 6.70. The van der Waals surface area contributed by atoms with Gasteiger partial charge in [0.2, 0.25) is 5.91 Å². The van der Waals surface area contributed by atoms with Crippen LogP contribution in [-0.4, -0.2) is 39.8 Å². The molecule has 1 N–H and O–H groups in total. The quantitative estimate of drug-likeness (QED) is 0.320. The monoisotopic (exact) mass is 596 g/mol. The summed E-state index contributed by atoms with van der Waals surface area (Å²) in [4.78, 5) is 27.8. The fourth-order valence-electron chi connectivity index (χ4n) is 6.70. The molecule has 2 heterocycles. The van der Waals surface area contributed by atoms with E-state index in [1.807, 2.05) is 30.9 Å². The topological polar surface area (TPSA) is 76.5 Å². The molecule has 7 nitrogen and oxygen atoms in total. The minimum Gasteiger partial charge on any atom is -0.367 e. The Balaban J connectivity index is 1.47. The van der Waals surface area contributed by atoms with Crippen molar-refractivity contribution in [2.75, 3.05) is 18.4 Å². The molecule has 43 heavy (non-hydrogen) atoms. The van der Waals surface area contributed by atoms with Crippen molar-refractivity contribution in [2.24, 2.45) is 0 Å². The number of carbonyl (C=O) groups excluding carboxylic acids is 1. The number of aromatic nitrogens is 2. The number of anilines is 1. The number of halogens is 3. The number of nitrogens with one attached hydrogen (secondary N) is 1. The number of aryl methyl sites for hydroxylation is 1. The maximum Gasteiger partial charge on any atom is 0.416 e. The van der Waals surface area contributed by atoms with Crippen LogP contribution in [0.4, 0.5) is 19.0 Å². The summed E-state index contributed by atoms with van der Waals surface area (Å²) < 4.78 is 49.4. The lowest BCUT2D eigenvalue weighted by atomic mass is 9.82. The van der Waals surface area contributed by atoms with E-state index in [0.29, 0.717) is 48.1 Å². The van der Waals surface area contributed by atoms with E-state index in [9.17, 15) is 22.8 Å². The van der Waals surface area contributed by atoms with Gasteiger partial charge in [-0.2, -0.15) is 18.3 Å². The van der Waals surface area contributed by atoms with Crippen LogP contribution in [0.2, 0.25) is 0 Å². The van der Waals surface area contributed by atoms with Gasteiger partial charge in [-0.15, -0.1) is 0 Å². The maximum absolute atomic E-state index is 13.8. The Bertz CT molecular complexity index is 1620. The van der Waals surface area contributed by atoms with E-state index in [4.69, 9.17) is 9.84 Å². The van der Waals surface area contributed by atoms with Crippen molar-refractivity contribution in [1.29, 1.82) is 0 Å². The van der Waals surface area contributed by atoms with Gasteiger partial charge in [-0.1, -0.05) is 18.2 Å². The third kappa shape index (κ3) is 5.54. The Morgan fingerprint density at radius 1 is 1.12 bits per heavy atom. The van der Waals surface area contributed by atoms with Crippen molar-refractivity contribution < 1.29 is 22.7 Å². The summed E-state index contributed by atoms with van der Waals surface area (Å²) in [5, 5.41) is 9.43. The second-order valence-electron chi connectivity index (χ2n) is 12.6. The minimum absolute atomic E-state index is 0.00239. The summed E-state index contributed by atoms with van der Waals surface area (Å²) >= 11 is 0. The molecule has 0 bridgehead atoms. The van der Waals surface area contributed by atoms with Crippen LogP contribution in [0.15, 0.2) is 35.1 Å². The van der Waals surface area contributed by atoms with Gasteiger partial charge in [0.05, 0.1) is 34.7 Å². The molecule has 2 aliphatic carbocycles. The van der Waals surface area contributed by atoms with Gasteiger partial charge in [-0.25, -0.2) is 4.68 Å². The van der Waals surface area contributed by atoms with Gasteiger partial charge in [0.25, 0.3) is 5.56 Å². The summed E-state index contributed by atoms with van der Waals surface area (Å²) in [5.74, 6) is 0.513. The molecular formula is C33H39F3N4O3. The highest BCUT2D eigenvalue weighted by Crippen LogP contribution is 2.44. The largest absolute Gasteiger partial charge is 0.416 e. The van der Waals surface area contributed by atoms with Gasteiger partial charge in [-0.3, -0.25) is 9.59 Å². The minimum atomic E-state index is -4.46. The molecule has 3 aromatic rings. The molecule has 1 aliphatic heterocycles. The van der Waals surface area contributed by atoms with Gasteiger partial charge in [0, 0.05) is 25.4 Å². The molecule has 6 rings (SSSR count). The maximum atomic E-state index is 13.8. The number of hydrogen-bond acceptors (Lipinski definition) is 5. The van der Waals surface area contributed by atoms with Crippen molar-refractivity contribution in [3.05, 3.63) is 68.5 Å². The first-order valence-corrected chi connectivity index (χ1v) is 15.3. The van der Waals surface area contributed by atoms with Crippen LogP contribution in [-0.2, 0) is 21.3 Å². The molecule has 2 saturated carbocycles. The third-order valence-corrected chi connectivity index (χ3v) is 9.60. The van der Waals surface area contributed by atoms with Crippen LogP contribution in [0.25, 0.3) is 10.8 Å². The molecule has 1 atom stereocenters. The van der Waals surface area contributed by atoms with Gasteiger partial charge in [0.1, 0.15) is 0 Å². The summed E-state index contributed by atoms with van der Waals surface area (Å²) in [6.07, 6.45) is 1.75. The fraction of sp³-hybridized carbons (Fsp3) is 0.545. The number of alkyl halides is 3. The van der Waals surface area contributed by atoms with E-state index in [1.165, 1.54) is 13.0 Å². The highest BCUT2D eigenvalue weighted by Gasteiger charge is 2.43. The van der Waals surface area contributed by atoms with Crippen molar-refractivity contribution >= 4 is 22.5 Å². The average Bonchev–Trinajstić information content (AvgIpc) is 3.73. The number of benzene rings is 2. The lowest BCUT2D eigenvalue weighted by Crippen LogP contribution is -2.46. The second-order valence-corrected chi connectivity index (χ2v) is 12.6. The Hall–Kier alpha value is -3.40. The van der Waals surface area contributed by atoms with Crippen molar-refractivity contribution in [1.82, 2.24) is 14.7 Å². The van der Waals surface area contributed by atoms with Crippen LogP contribution in [0.1, 0.15) is 98.7 Å². The van der Waals surface area contributed by atoms with E-state index in [2.05, 4.69) is 5.32 Å². The summed E-state index contributed by atoms with van der Waals surface area (Å²) in [7, 11) is 0. The average molecular weight is 597 g/mol. The zero-order valence-corrected chi connectivity index (χ0v) is 25.2. The van der Waals surface area contributed by atoms with Crippen LogP contribution < -0.4 is 10.9 Å². The third-order valence-electron chi connectivity index (χ3n) is 9.60. The SMILES string of the molecule is CC(=O)N1CCC(OC2CC2)(c2cc(C)c3c(=O)n(C4CCC4)nc(N[C@H](C)c4cccc(C(F)(F)F)c4C)c3c2)CC1. The Kier molecular flexibility index (Phi) is 7.55. The summed E-state index contributed by atoms with van der Waals surface area (Å²) in [6.45, 7) is 7.98. The lowest BCUT2D eigenvalue weighted by Gasteiger charge is -2.42. The molecule has 3 fully saturated rings. The standard InChI is InChI=1S/C33H39F3N4O3/c1-19-17-23(32(43-25-11-12-25)13-15-39(16-14-32)22(4)41)18-27-29(19)31(42)40(24-7-5-8-24)38-30(27)37-21(3)26-9-6-10-28(20(26)2)33(34,35)36/h6,9-10,17-18,21,24-25H,5,7-8,11-16H2,1-4H3,(H,37,38)/t21-/m1/s1. The Labute approximate surface area is 249 Å². The highest BCUT2D eigenvalue weighted by molar-refractivity contribution is 5.94. The predicted molar refractivity (Wildman–Crippen MR) is 159 cm³/mol. The number of fused-ring (bicyclic) bond motifs is 1. The molecule has 0 unspecified atom stereocenters. The van der Waals surface area contributed by atoms with Crippen LogP contribution in [0.5, 0.6) is 0 Å². The smallest absolute Gasteiger partial charge is 0.367 e. The van der Waals surface area contributed by atoms with E-state index >= 15 is 0 Å². The van der Waals surface area contributed by atoms with Crippen LogP contribution in [0, 0.1) is 13.8 Å². The number of carbonyl (C=O) groups is 1. The predicted octanol–water partition coefficient (Wildman–Crippen LogP) is 6.95. The molecule has 2 aromatic carbocycles. The number of ether oxygens (including phenoxy) is 1. The zero-order chi connectivity index (χ0) is 30.7. The first-order valence-electron chi connectivity index (χ1n) is 15.3. The molecule has 1 amide bonds. The summed E-state index contributed by atoms with van der Waals surface area (Å²) in [6, 6.07) is 7.75. The second kappa shape index (κ2) is 10.9. The van der Waals surface area contributed by atoms with Crippen LogP contribution >= 0.6 is 0 Å². The number of amides is 1. The number of likely N-dealkylation sites (tertiary alicyclic amines) is 1. The van der Waals surface area contributed by atoms with Crippen molar-refractivity contribution in [3.63, 3.8) is 0 Å². The Morgan fingerprint density at radius 2 is 1.81 bits per heavy atom. The van der Waals surface area contributed by atoms with Crippen molar-refractivity contribution in [3.8, 4) is 0 Å². The molecular weight excluding hydrogens is 557 g/mol. The van der Waals surface area contributed by atoms with E-state index in [1.54, 1.807) is 17.7 Å². The molecule has 1 aromatic heterocycles. The molecule has 1 saturated heterocycles. The molecule has 10 heteroatoms. The highest BCUT2D eigenvalue weighted by atomic mass is 19.4. The van der Waals surface area contributed by atoms with E-state index in [0.717, 1.165) is 49.3 Å². The number of piperidine rings is 1. The molecule has 0 spiro atoms. The van der Waals surface area contributed by atoms with Gasteiger partial charge < -0.3 is 15.0 Å². The van der Waals surface area contributed by atoms with E-state index in [-0.39, 0.29) is 29.2 Å². The van der Waals surface area contributed by atoms with Crippen LogP contribution in [0.3, 0.4) is 0 Å². The number of rotatable bonds is 7. The Morgan fingerprint density at radius 3 is 2.40 bits per heavy atom. The number of nitrogens with zero attached hydrogens (tertiary/aromatic N) is 3. The normalized spacial score (nSPS) is 19.7. The lowest BCUT2D eigenvalue weighted by molar-refractivity contribution is -0.139. The molecule has 3 aliphatic rings. The zero-order valence-electron chi connectivity index (χ0n) is 25.2. The first-order chi connectivity index (χ1) is 20.4. The van der Waals surface area contributed by atoms with Gasteiger partial charge in [0.15, 0.2) is 5.82 Å². The van der Waals surface area contributed by atoms with Gasteiger partial charge >= 0.3 is 6.18 Å². The molecule has 0 radical (unpaired) electrons. The number of hydrogen-bond donors (Lipinski definition) is 1. The van der Waals surface area contributed by atoms with Crippen molar-refractivity contribution in [2.45, 2.75) is 103 Å².